The molecule has 0 amide bonds. The maximum absolute atomic E-state index is 15.0. The van der Waals surface area contributed by atoms with Gasteiger partial charge in [0.2, 0.25) is 0 Å². The zero-order valence-corrected chi connectivity index (χ0v) is 17.8. The fraction of sp³-hybridized carbons (Fsp3) is 0.318. The van der Waals surface area contributed by atoms with E-state index in [1.54, 1.807) is 19.1 Å². The number of thioether (sulfide) groups is 1. The van der Waals surface area contributed by atoms with Crippen molar-refractivity contribution in [2.24, 2.45) is 16.6 Å². The lowest BCUT2D eigenvalue weighted by Crippen LogP contribution is -2.37. The van der Waals surface area contributed by atoms with Crippen molar-refractivity contribution in [1.29, 1.82) is 5.26 Å². The van der Waals surface area contributed by atoms with E-state index in [0.717, 1.165) is 6.07 Å². The van der Waals surface area contributed by atoms with Crippen molar-refractivity contribution in [3.8, 4) is 6.07 Å². The van der Waals surface area contributed by atoms with Crippen LogP contribution < -0.4 is 5.73 Å². The van der Waals surface area contributed by atoms with E-state index in [1.165, 1.54) is 24.3 Å². The minimum absolute atomic E-state index is 0.106. The first-order chi connectivity index (χ1) is 15.3. The van der Waals surface area contributed by atoms with E-state index < -0.39 is 21.9 Å². The molecule has 1 aliphatic carbocycles. The van der Waals surface area contributed by atoms with E-state index >= 15 is 4.39 Å². The predicted molar refractivity (Wildman–Crippen MR) is 116 cm³/mol. The number of aliphatic imine (C=N–C) groups is 1. The number of nitriles is 1. The van der Waals surface area contributed by atoms with Crippen molar-refractivity contribution >= 4 is 28.0 Å². The Bertz CT molecular complexity index is 1340. The number of aliphatic hydroxyl groups excluding tert-OH is 1. The Morgan fingerprint density at radius 2 is 2.09 bits per heavy atom. The third-order valence-electron chi connectivity index (χ3n) is 6.31. The molecule has 3 heterocycles. The number of halogens is 2. The van der Waals surface area contributed by atoms with E-state index in [2.05, 4.69) is 19.9 Å². The second-order valence-electron chi connectivity index (χ2n) is 8.32. The average Bonchev–Trinajstić information content (AvgIpc) is 3.51. The van der Waals surface area contributed by atoms with Gasteiger partial charge in [-0.2, -0.15) is 5.26 Å². The molecule has 2 aliphatic rings. The van der Waals surface area contributed by atoms with Crippen LogP contribution in [0, 0.1) is 28.9 Å². The van der Waals surface area contributed by atoms with Gasteiger partial charge >= 0.3 is 0 Å². The second-order valence-corrected chi connectivity index (χ2v) is 9.75. The molecule has 0 unspecified atom stereocenters. The lowest BCUT2D eigenvalue weighted by atomic mass is 9.84. The van der Waals surface area contributed by atoms with Crippen LogP contribution in [0.2, 0.25) is 0 Å². The molecule has 3 aromatic rings. The normalized spacial score (nSPS) is 26.3. The number of benzene rings is 1. The van der Waals surface area contributed by atoms with Crippen LogP contribution in [0.4, 0.5) is 8.78 Å². The molecule has 1 aliphatic heterocycles. The molecule has 0 spiro atoms. The highest BCUT2D eigenvalue weighted by molar-refractivity contribution is 8.15. The first kappa shape index (κ1) is 20.7. The van der Waals surface area contributed by atoms with E-state index in [0.29, 0.717) is 34.3 Å². The number of nitrogens with two attached hydrogens (primary N) is 1. The van der Waals surface area contributed by atoms with Crippen LogP contribution in [0.1, 0.15) is 35.7 Å². The Hall–Kier alpha value is -3.16. The summed E-state index contributed by atoms with van der Waals surface area (Å²) in [5.41, 5.74) is 7.39. The molecule has 2 aromatic heterocycles. The van der Waals surface area contributed by atoms with E-state index in [4.69, 9.17) is 11.0 Å². The molecule has 10 heteroatoms. The van der Waals surface area contributed by atoms with Crippen molar-refractivity contribution in [3.05, 3.63) is 64.7 Å². The number of amidine groups is 1. The quantitative estimate of drug-likeness (QED) is 0.624. The average molecular weight is 452 g/mol. The zero-order chi connectivity index (χ0) is 22.7. The number of hydrogen-bond donors (Lipinski definition) is 2. The predicted octanol–water partition coefficient (Wildman–Crippen LogP) is 2.79. The molecule has 3 N–H and O–H groups in total. The Morgan fingerprint density at radius 1 is 1.28 bits per heavy atom. The molecule has 3 atom stereocenters. The summed E-state index contributed by atoms with van der Waals surface area (Å²) in [6.07, 6.45) is 3.57. The van der Waals surface area contributed by atoms with Gasteiger partial charge in [-0.05, 0) is 37.1 Å². The number of fused-ring (bicyclic) bond motifs is 2. The SMILES string of the molecule is C[C@]1(c2cc(Cc3ncnc4cc(C#N)cnc34)cc(F)c2F)N=C(N)S[C@@]2(CO)C[C@H]21. The van der Waals surface area contributed by atoms with E-state index in [-0.39, 0.29) is 29.7 Å². The fourth-order valence-electron chi connectivity index (χ4n) is 4.60. The van der Waals surface area contributed by atoms with Gasteiger partial charge in [-0.3, -0.25) is 9.98 Å². The molecule has 5 rings (SSSR count). The minimum atomic E-state index is -1.09. The van der Waals surface area contributed by atoms with Crippen LogP contribution in [0.5, 0.6) is 0 Å². The van der Waals surface area contributed by atoms with E-state index in [1.807, 2.05) is 6.07 Å². The maximum Gasteiger partial charge on any atom is 0.164 e. The summed E-state index contributed by atoms with van der Waals surface area (Å²) in [5.74, 6) is -2.12. The molecule has 1 saturated carbocycles. The Balaban J connectivity index is 1.58. The van der Waals surface area contributed by atoms with Crippen LogP contribution in [-0.4, -0.2) is 36.6 Å². The summed E-state index contributed by atoms with van der Waals surface area (Å²) in [4.78, 5) is 17.2. The van der Waals surface area contributed by atoms with Gasteiger partial charge in [0, 0.05) is 24.1 Å². The molecule has 162 valence electrons. The minimum Gasteiger partial charge on any atom is -0.395 e. The summed E-state index contributed by atoms with van der Waals surface area (Å²) in [6, 6.07) is 6.34. The van der Waals surface area contributed by atoms with Crippen molar-refractivity contribution in [2.75, 3.05) is 6.61 Å². The van der Waals surface area contributed by atoms with Crippen molar-refractivity contribution in [1.82, 2.24) is 15.0 Å². The van der Waals surface area contributed by atoms with Gasteiger partial charge in [0.25, 0.3) is 0 Å². The summed E-state index contributed by atoms with van der Waals surface area (Å²) in [7, 11) is 0. The van der Waals surface area contributed by atoms with Crippen LogP contribution in [0.3, 0.4) is 0 Å². The highest BCUT2D eigenvalue weighted by Gasteiger charge is 2.66. The van der Waals surface area contributed by atoms with Gasteiger partial charge in [-0.25, -0.2) is 18.7 Å². The number of nitrogens with zero attached hydrogens (tertiary/aromatic N) is 5. The fourth-order valence-corrected chi connectivity index (χ4v) is 5.94. The Morgan fingerprint density at radius 3 is 2.84 bits per heavy atom. The summed E-state index contributed by atoms with van der Waals surface area (Å²) < 4.78 is 29.2. The van der Waals surface area contributed by atoms with Crippen molar-refractivity contribution in [2.45, 2.75) is 30.1 Å². The highest BCUT2D eigenvalue weighted by atomic mass is 32.2. The third-order valence-corrected chi connectivity index (χ3v) is 7.59. The number of pyridine rings is 1. The number of aliphatic hydroxyl groups is 1. The molecule has 7 nitrogen and oxygen atoms in total. The zero-order valence-electron chi connectivity index (χ0n) is 17.0. The standard InChI is InChI=1S/C22H18F2N6OS/c1-21(17-6-22(17,9-31)32-20(26)30-21)13-2-11(3-14(23)18(13)24)4-15-19-16(29-10-28-15)5-12(7-25)8-27-19/h2-3,5,8,10,17,31H,4,6,9H2,1H3,(H2,26,30)/t17-,21+,22+/m0/s1. The first-order valence-corrected chi connectivity index (χ1v) is 10.7. The number of rotatable bonds is 4. The Kier molecular flexibility index (Phi) is 4.65. The second kappa shape index (κ2) is 7.18. The molecular formula is C22H18F2N6OS. The first-order valence-electron chi connectivity index (χ1n) is 9.93. The summed E-state index contributed by atoms with van der Waals surface area (Å²) >= 11 is 1.29. The highest BCUT2D eigenvalue weighted by Crippen LogP contribution is 2.65. The largest absolute Gasteiger partial charge is 0.395 e. The summed E-state index contributed by atoms with van der Waals surface area (Å²) in [5, 5.41) is 19.2. The molecular weight excluding hydrogens is 434 g/mol. The van der Waals surface area contributed by atoms with Gasteiger partial charge in [0.15, 0.2) is 16.8 Å². The van der Waals surface area contributed by atoms with Crippen LogP contribution in [0.15, 0.2) is 35.7 Å². The lowest BCUT2D eigenvalue weighted by Gasteiger charge is -2.34. The van der Waals surface area contributed by atoms with Crippen LogP contribution >= 0.6 is 11.8 Å². The van der Waals surface area contributed by atoms with E-state index in [9.17, 15) is 9.50 Å². The molecule has 32 heavy (non-hydrogen) atoms. The summed E-state index contributed by atoms with van der Waals surface area (Å²) in [6.45, 7) is 1.62. The number of aromatic nitrogens is 3. The van der Waals surface area contributed by atoms with Gasteiger partial charge in [0.1, 0.15) is 17.9 Å². The van der Waals surface area contributed by atoms with Crippen LogP contribution in [-0.2, 0) is 12.0 Å². The molecule has 0 radical (unpaired) electrons. The number of hydrogen-bond acceptors (Lipinski definition) is 8. The van der Waals surface area contributed by atoms with Crippen molar-refractivity contribution < 1.29 is 13.9 Å². The lowest BCUT2D eigenvalue weighted by molar-refractivity contribution is 0.264. The smallest absolute Gasteiger partial charge is 0.164 e. The molecule has 0 bridgehead atoms. The van der Waals surface area contributed by atoms with Gasteiger partial charge in [-0.15, -0.1) is 0 Å². The van der Waals surface area contributed by atoms with Gasteiger partial charge in [-0.1, -0.05) is 11.8 Å². The van der Waals surface area contributed by atoms with Gasteiger partial charge < -0.3 is 10.8 Å². The van der Waals surface area contributed by atoms with Crippen LogP contribution in [0.25, 0.3) is 11.0 Å². The topological polar surface area (TPSA) is 121 Å². The van der Waals surface area contributed by atoms with Crippen molar-refractivity contribution in [3.63, 3.8) is 0 Å². The maximum atomic E-state index is 15.0. The molecule has 0 saturated heterocycles. The third kappa shape index (κ3) is 3.12. The Labute approximate surface area is 186 Å². The molecule has 1 aromatic carbocycles. The van der Waals surface area contributed by atoms with Gasteiger partial charge in [0.05, 0.1) is 33.7 Å². The monoisotopic (exact) mass is 452 g/mol. The molecule has 1 fully saturated rings.